The van der Waals surface area contributed by atoms with E-state index in [4.69, 9.17) is 4.74 Å². The molecule has 0 saturated carbocycles. The summed E-state index contributed by atoms with van der Waals surface area (Å²) in [5, 5.41) is 2.29. The number of carbonyl (C=O) groups is 2. The van der Waals surface area contributed by atoms with E-state index in [-0.39, 0.29) is 6.54 Å². The summed E-state index contributed by atoms with van der Waals surface area (Å²) < 4.78 is 4.98. The molecule has 0 spiro atoms. The Kier molecular flexibility index (Phi) is 4.33. The minimum atomic E-state index is -0.547. The van der Waals surface area contributed by atoms with Crippen molar-refractivity contribution in [3.05, 3.63) is 0 Å². The van der Waals surface area contributed by atoms with Gasteiger partial charge in [0.05, 0.1) is 6.54 Å². The standard InChI is InChI=1S/C8H15NO3/c1-4-8(2,3)12-7(11)9-5-6-10/h6H,4-5H2,1-3H3,(H,9,11). The van der Waals surface area contributed by atoms with Crippen LogP contribution in [0.1, 0.15) is 27.2 Å². The fraction of sp³-hybridized carbons (Fsp3) is 0.750. The van der Waals surface area contributed by atoms with E-state index in [1.807, 2.05) is 20.8 Å². The van der Waals surface area contributed by atoms with Gasteiger partial charge in [0, 0.05) is 0 Å². The molecule has 0 rings (SSSR count). The van der Waals surface area contributed by atoms with Crippen molar-refractivity contribution >= 4 is 12.4 Å². The van der Waals surface area contributed by atoms with Crippen LogP contribution in [-0.4, -0.2) is 24.5 Å². The molecule has 4 heteroatoms. The zero-order valence-electron chi connectivity index (χ0n) is 7.72. The van der Waals surface area contributed by atoms with Crippen molar-refractivity contribution in [3.8, 4) is 0 Å². The fourth-order valence-electron chi connectivity index (χ4n) is 0.484. The van der Waals surface area contributed by atoms with Gasteiger partial charge >= 0.3 is 6.09 Å². The summed E-state index contributed by atoms with van der Waals surface area (Å²) in [6, 6.07) is 0. The van der Waals surface area contributed by atoms with Gasteiger partial charge in [-0.3, -0.25) is 0 Å². The Bertz CT molecular complexity index is 166. The Morgan fingerprint density at radius 3 is 2.58 bits per heavy atom. The van der Waals surface area contributed by atoms with Crippen LogP contribution >= 0.6 is 0 Å². The minimum absolute atomic E-state index is 0.00136. The Balaban J connectivity index is 3.75. The Morgan fingerprint density at radius 2 is 2.17 bits per heavy atom. The highest BCUT2D eigenvalue weighted by Gasteiger charge is 2.19. The molecule has 0 aromatic carbocycles. The van der Waals surface area contributed by atoms with E-state index in [2.05, 4.69) is 5.32 Å². The molecular formula is C8H15NO3. The third kappa shape index (κ3) is 4.71. The highest BCUT2D eigenvalue weighted by Crippen LogP contribution is 2.12. The van der Waals surface area contributed by atoms with E-state index >= 15 is 0 Å². The van der Waals surface area contributed by atoms with Crippen LogP contribution in [0.5, 0.6) is 0 Å². The monoisotopic (exact) mass is 173 g/mol. The van der Waals surface area contributed by atoms with Crippen LogP contribution < -0.4 is 5.32 Å². The summed E-state index contributed by atoms with van der Waals surface area (Å²) >= 11 is 0. The normalized spacial score (nSPS) is 10.6. The predicted molar refractivity (Wildman–Crippen MR) is 44.9 cm³/mol. The van der Waals surface area contributed by atoms with Crippen LogP contribution in [-0.2, 0) is 9.53 Å². The van der Waals surface area contributed by atoms with Crippen LogP contribution in [0, 0.1) is 0 Å². The molecule has 0 bridgehead atoms. The van der Waals surface area contributed by atoms with Gasteiger partial charge in [0.1, 0.15) is 11.9 Å². The lowest BCUT2D eigenvalue weighted by Crippen LogP contribution is -2.34. The maximum Gasteiger partial charge on any atom is 0.408 e. The molecule has 0 saturated heterocycles. The third-order valence-electron chi connectivity index (χ3n) is 1.55. The van der Waals surface area contributed by atoms with Crippen molar-refractivity contribution in [1.82, 2.24) is 5.32 Å². The molecule has 0 heterocycles. The second kappa shape index (κ2) is 4.74. The van der Waals surface area contributed by atoms with Crippen molar-refractivity contribution in [3.63, 3.8) is 0 Å². The molecule has 70 valence electrons. The molecule has 1 amide bonds. The van der Waals surface area contributed by atoms with Gasteiger partial charge in [0.15, 0.2) is 0 Å². The topological polar surface area (TPSA) is 55.4 Å². The number of rotatable bonds is 4. The van der Waals surface area contributed by atoms with E-state index in [1.54, 1.807) is 0 Å². The fourth-order valence-corrected chi connectivity index (χ4v) is 0.484. The van der Waals surface area contributed by atoms with Gasteiger partial charge in [0.2, 0.25) is 0 Å². The Labute approximate surface area is 72.3 Å². The molecule has 0 radical (unpaired) electrons. The maximum absolute atomic E-state index is 10.9. The van der Waals surface area contributed by atoms with Crippen molar-refractivity contribution in [2.75, 3.05) is 6.54 Å². The molecule has 0 fully saturated rings. The van der Waals surface area contributed by atoms with E-state index in [9.17, 15) is 9.59 Å². The molecule has 0 aromatic rings. The lowest BCUT2D eigenvalue weighted by Gasteiger charge is -2.22. The molecule has 4 nitrogen and oxygen atoms in total. The molecule has 1 N–H and O–H groups in total. The highest BCUT2D eigenvalue weighted by molar-refractivity contribution is 5.71. The first-order chi connectivity index (χ1) is 5.52. The molecule has 0 aromatic heterocycles. The molecule has 0 atom stereocenters. The first-order valence-electron chi connectivity index (χ1n) is 3.92. The van der Waals surface area contributed by atoms with Crippen LogP contribution in [0.25, 0.3) is 0 Å². The van der Waals surface area contributed by atoms with Gasteiger partial charge in [-0.2, -0.15) is 0 Å². The Morgan fingerprint density at radius 1 is 1.58 bits per heavy atom. The summed E-state index contributed by atoms with van der Waals surface area (Å²) in [5.74, 6) is 0. The van der Waals surface area contributed by atoms with E-state index in [0.29, 0.717) is 6.29 Å². The zero-order chi connectivity index (χ0) is 9.61. The van der Waals surface area contributed by atoms with Gasteiger partial charge in [-0.05, 0) is 20.3 Å². The average molecular weight is 173 g/mol. The molecule has 0 aliphatic rings. The van der Waals surface area contributed by atoms with Gasteiger partial charge in [-0.15, -0.1) is 0 Å². The van der Waals surface area contributed by atoms with E-state index in [0.717, 1.165) is 6.42 Å². The van der Waals surface area contributed by atoms with Gasteiger partial charge in [0.25, 0.3) is 0 Å². The van der Waals surface area contributed by atoms with E-state index in [1.165, 1.54) is 0 Å². The number of hydrogen-bond donors (Lipinski definition) is 1. The van der Waals surface area contributed by atoms with Gasteiger partial charge in [-0.1, -0.05) is 6.92 Å². The average Bonchev–Trinajstić information content (AvgIpc) is 2.00. The van der Waals surface area contributed by atoms with Crippen molar-refractivity contribution in [2.24, 2.45) is 0 Å². The first kappa shape index (κ1) is 10.9. The molecule has 0 unspecified atom stereocenters. The first-order valence-corrected chi connectivity index (χ1v) is 3.92. The number of ether oxygens (including phenoxy) is 1. The summed E-state index contributed by atoms with van der Waals surface area (Å²) in [7, 11) is 0. The number of alkyl carbamates (subject to hydrolysis) is 1. The third-order valence-corrected chi connectivity index (χ3v) is 1.55. The van der Waals surface area contributed by atoms with Gasteiger partial charge in [-0.25, -0.2) is 4.79 Å². The lowest BCUT2D eigenvalue weighted by atomic mass is 10.1. The number of carbonyl (C=O) groups excluding carboxylic acids is 2. The minimum Gasteiger partial charge on any atom is -0.444 e. The summed E-state index contributed by atoms with van der Waals surface area (Å²) in [5.41, 5.74) is -0.465. The number of aldehydes is 1. The maximum atomic E-state index is 10.9. The van der Waals surface area contributed by atoms with Crippen molar-refractivity contribution in [1.29, 1.82) is 0 Å². The molecule has 0 aliphatic heterocycles. The van der Waals surface area contributed by atoms with Crippen LogP contribution in [0.15, 0.2) is 0 Å². The largest absolute Gasteiger partial charge is 0.444 e. The van der Waals surface area contributed by atoms with Crippen molar-refractivity contribution in [2.45, 2.75) is 32.8 Å². The lowest BCUT2D eigenvalue weighted by molar-refractivity contribution is -0.107. The summed E-state index contributed by atoms with van der Waals surface area (Å²) in [4.78, 5) is 20.8. The van der Waals surface area contributed by atoms with E-state index < -0.39 is 11.7 Å². The second-order valence-corrected chi connectivity index (χ2v) is 3.05. The van der Waals surface area contributed by atoms with Crippen LogP contribution in [0.3, 0.4) is 0 Å². The molecule has 12 heavy (non-hydrogen) atoms. The zero-order valence-corrected chi connectivity index (χ0v) is 7.72. The Hall–Kier alpha value is -1.06. The molecule has 0 aliphatic carbocycles. The second-order valence-electron chi connectivity index (χ2n) is 3.05. The number of amides is 1. The predicted octanol–water partition coefficient (Wildman–Crippen LogP) is 1.10. The number of nitrogens with one attached hydrogen (secondary N) is 1. The quantitative estimate of drug-likeness (QED) is 0.648. The molecular weight excluding hydrogens is 158 g/mol. The smallest absolute Gasteiger partial charge is 0.408 e. The summed E-state index contributed by atoms with van der Waals surface area (Å²) in [6.45, 7) is 5.55. The SMILES string of the molecule is CCC(C)(C)OC(=O)NCC=O. The number of hydrogen-bond acceptors (Lipinski definition) is 3. The van der Waals surface area contributed by atoms with Crippen molar-refractivity contribution < 1.29 is 14.3 Å². The van der Waals surface area contributed by atoms with Gasteiger partial charge < -0.3 is 14.8 Å². The highest BCUT2D eigenvalue weighted by atomic mass is 16.6. The van der Waals surface area contributed by atoms with Crippen LogP contribution in [0.4, 0.5) is 4.79 Å². The van der Waals surface area contributed by atoms with Crippen LogP contribution in [0.2, 0.25) is 0 Å². The summed E-state index contributed by atoms with van der Waals surface area (Å²) in [6.07, 6.45) is 0.802.